The first-order valence-corrected chi connectivity index (χ1v) is 8.80. The van der Waals surface area contributed by atoms with Crippen LogP contribution in [0.2, 0.25) is 0 Å². The minimum absolute atomic E-state index is 0.148. The smallest absolute Gasteiger partial charge is 0.332 e. The normalized spacial score (nSPS) is 12.2. The van der Waals surface area contributed by atoms with Crippen LogP contribution in [0.5, 0.6) is 0 Å². The molecule has 0 aliphatic carbocycles. The maximum atomic E-state index is 13.2. The Bertz CT molecular complexity index is 1330. The van der Waals surface area contributed by atoms with Gasteiger partial charge in [-0.25, -0.2) is 9.78 Å². The summed E-state index contributed by atoms with van der Waals surface area (Å²) < 4.78 is 8.73. The maximum Gasteiger partial charge on any atom is 0.332 e. The second-order valence-electron chi connectivity index (χ2n) is 6.66. The Kier molecular flexibility index (Phi) is 4.38. The van der Waals surface area contributed by atoms with Crippen LogP contribution in [0.3, 0.4) is 0 Å². The van der Waals surface area contributed by atoms with Gasteiger partial charge >= 0.3 is 5.69 Å². The Labute approximate surface area is 164 Å². The zero-order valence-electron chi connectivity index (χ0n) is 16.0. The van der Waals surface area contributed by atoms with Crippen LogP contribution >= 0.6 is 0 Å². The zero-order chi connectivity index (χ0) is 20.7. The molecule has 1 unspecified atom stereocenters. The molecule has 1 aromatic carbocycles. The van der Waals surface area contributed by atoms with E-state index in [0.717, 1.165) is 4.57 Å². The number of nitrogens with zero attached hydrogens (tertiary/aromatic N) is 5. The Morgan fingerprint density at radius 3 is 2.52 bits per heavy atom. The van der Waals surface area contributed by atoms with Crippen LogP contribution in [0.25, 0.3) is 11.2 Å². The average Bonchev–Trinajstić information content (AvgIpc) is 3.32. The summed E-state index contributed by atoms with van der Waals surface area (Å²) >= 11 is 0. The molecule has 1 amide bonds. The third-order valence-corrected chi connectivity index (χ3v) is 4.69. The van der Waals surface area contributed by atoms with Crippen molar-refractivity contribution < 1.29 is 9.32 Å². The van der Waals surface area contributed by atoms with Crippen molar-refractivity contribution in [3.05, 3.63) is 74.9 Å². The van der Waals surface area contributed by atoms with Crippen molar-refractivity contribution >= 4 is 22.9 Å². The molecule has 29 heavy (non-hydrogen) atoms. The van der Waals surface area contributed by atoms with Gasteiger partial charge in [-0.3, -0.25) is 18.7 Å². The van der Waals surface area contributed by atoms with Gasteiger partial charge in [0, 0.05) is 20.2 Å². The lowest BCUT2D eigenvalue weighted by molar-refractivity contribution is -0.118. The zero-order valence-corrected chi connectivity index (χ0v) is 16.0. The van der Waals surface area contributed by atoms with Gasteiger partial charge in [0.1, 0.15) is 11.8 Å². The number of aryl methyl sites for hydroxylation is 2. The van der Waals surface area contributed by atoms with Crippen molar-refractivity contribution in [2.45, 2.75) is 13.0 Å². The molecule has 4 aromatic rings. The quantitative estimate of drug-likeness (QED) is 0.551. The monoisotopic (exact) mass is 394 g/mol. The highest BCUT2D eigenvalue weighted by Crippen LogP contribution is 2.23. The van der Waals surface area contributed by atoms with Gasteiger partial charge in [0.2, 0.25) is 0 Å². The van der Waals surface area contributed by atoms with Gasteiger partial charge in [0.15, 0.2) is 17.0 Å². The lowest BCUT2D eigenvalue weighted by Crippen LogP contribution is -2.38. The highest BCUT2D eigenvalue weighted by atomic mass is 16.5. The van der Waals surface area contributed by atoms with Crippen molar-refractivity contribution in [2.24, 2.45) is 14.1 Å². The van der Waals surface area contributed by atoms with Crippen LogP contribution in [-0.2, 0) is 18.9 Å². The van der Waals surface area contributed by atoms with E-state index in [-0.39, 0.29) is 17.0 Å². The van der Waals surface area contributed by atoms with E-state index in [9.17, 15) is 14.4 Å². The molecule has 1 N–H and O–H groups in total. The molecular formula is C19H18N6O4. The fraction of sp³-hybridized carbons (Fsp3) is 0.211. The predicted octanol–water partition coefficient (Wildman–Crippen LogP) is 0.958. The van der Waals surface area contributed by atoms with Crippen LogP contribution in [0.15, 0.2) is 56.8 Å². The Hall–Kier alpha value is -3.95. The van der Waals surface area contributed by atoms with E-state index in [0.29, 0.717) is 11.3 Å². The average molecular weight is 394 g/mol. The number of hydrogen-bond donors (Lipinski definition) is 1. The number of amides is 1. The molecule has 3 aromatic heterocycles. The van der Waals surface area contributed by atoms with Crippen molar-refractivity contribution in [2.75, 3.05) is 5.32 Å². The molecule has 0 aliphatic heterocycles. The Morgan fingerprint density at radius 1 is 1.14 bits per heavy atom. The van der Waals surface area contributed by atoms with E-state index >= 15 is 0 Å². The Balaban J connectivity index is 1.92. The van der Waals surface area contributed by atoms with Crippen LogP contribution < -0.4 is 16.6 Å². The minimum Gasteiger partial charge on any atom is -0.360 e. The van der Waals surface area contributed by atoms with Gasteiger partial charge in [-0.2, -0.15) is 0 Å². The number of imidazole rings is 1. The van der Waals surface area contributed by atoms with E-state index in [2.05, 4.69) is 15.5 Å². The van der Waals surface area contributed by atoms with Crippen molar-refractivity contribution in [1.82, 2.24) is 23.8 Å². The van der Waals surface area contributed by atoms with Gasteiger partial charge in [0.25, 0.3) is 11.5 Å². The standard InChI is InChI=1S/C19H18N6O4/c1-11-9-13(22-29-11)21-17(26)14(12-7-5-4-6-8-12)25-10-20-16-15(25)18(27)24(3)19(28)23(16)2/h4-10,14H,1-3H3,(H,21,22,26). The third-order valence-electron chi connectivity index (χ3n) is 4.69. The van der Waals surface area contributed by atoms with Crippen molar-refractivity contribution in [3.63, 3.8) is 0 Å². The topological polar surface area (TPSA) is 117 Å². The molecule has 148 valence electrons. The van der Waals surface area contributed by atoms with Crippen molar-refractivity contribution in [3.8, 4) is 0 Å². The molecule has 10 nitrogen and oxygen atoms in total. The molecule has 1 atom stereocenters. The van der Waals surface area contributed by atoms with Crippen molar-refractivity contribution in [1.29, 1.82) is 0 Å². The summed E-state index contributed by atoms with van der Waals surface area (Å²) in [5.41, 5.74) is -0.0439. The lowest BCUT2D eigenvalue weighted by atomic mass is 10.1. The highest BCUT2D eigenvalue weighted by Gasteiger charge is 2.27. The third kappa shape index (κ3) is 3.04. The second-order valence-corrected chi connectivity index (χ2v) is 6.66. The summed E-state index contributed by atoms with van der Waals surface area (Å²) in [6, 6.07) is 9.64. The van der Waals surface area contributed by atoms with Gasteiger partial charge in [-0.1, -0.05) is 35.5 Å². The first-order chi connectivity index (χ1) is 13.9. The van der Waals surface area contributed by atoms with E-state index in [4.69, 9.17) is 4.52 Å². The van der Waals surface area contributed by atoms with E-state index in [1.54, 1.807) is 37.3 Å². The fourth-order valence-corrected chi connectivity index (χ4v) is 3.25. The molecule has 0 radical (unpaired) electrons. The van der Waals surface area contributed by atoms with Gasteiger partial charge in [-0.05, 0) is 12.5 Å². The van der Waals surface area contributed by atoms with E-state index in [1.165, 1.54) is 29.6 Å². The molecule has 0 bridgehead atoms. The summed E-state index contributed by atoms with van der Waals surface area (Å²) in [5.74, 6) is 0.381. The molecule has 10 heteroatoms. The van der Waals surface area contributed by atoms with Crippen LogP contribution in [0.1, 0.15) is 17.4 Å². The molecule has 3 heterocycles. The number of anilines is 1. The SMILES string of the molecule is Cc1cc(NC(=O)C(c2ccccc2)n2cnc3c2c(=O)n(C)c(=O)n3C)no1. The minimum atomic E-state index is -0.914. The summed E-state index contributed by atoms with van der Waals surface area (Å²) in [6.45, 7) is 1.71. The van der Waals surface area contributed by atoms with E-state index in [1.807, 2.05) is 6.07 Å². The number of hydrogen-bond acceptors (Lipinski definition) is 6. The molecule has 0 fully saturated rings. The summed E-state index contributed by atoms with van der Waals surface area (Å²) in [5, 5.41) is 6.49. The highest BCUT2D eigenvalue weighted by molar-refractivity contribution is 5.96. The molecular weight excluding hydrogens is 376 g/mol. The predicted molar refractivity (Wildman–Crippen MR) is 105 cm³/mol. The largest absolute Gasteiger partial charge is 0.360 e. The maximum absolute atomic E-state index is 13.2. The number of benzene rings is 1. The summed E-state index contributed by atoms with van der Waals surface area (Å²) in [4.78, 5) is 42.5. The number of rotatable bonds is 4. The molecule has 0 saturated carbocycles. The number of carbonyl (C=O) groups is 1. The molecule has 0 aliphatic rings. The number of nitrogens with one attached hydrogen (secondary N) is 1. The summed E-state index contributed by atoms with van der Waals surface area (Å²) in [6.07, 6.45) is 1.39. The lowest BCUT2D eigenvalue weighted by Gasteiger charge is -2.19. The van der Waals surface area contributed by atoms with Gasteiger partial charge < -0.3 is 14.4 Å². The number of fused-ring (bicyclic) bond motifs is 1. The molecule has 0 saturated heterocycles. The molecule has 0 spiro atoms. The first kappa shape index (κ1) is 18.4. The molecule has 4 rings (SSSR count). The van der Waals surface area contributed by atoms with E-state index < -0.39 is 23.2 Å². The number of aromatic nitrogens is 5. The fourth-order valence-electron chi connectivity index (χ4n) is 3.25. The van der Waals surface area contributed by atoms with Crippen LogP contribution in [0.4, 0.5) is 5.82 Å². The number of carbonyl (C=O) groups excluding carboxylic acids is 1. The van der Waals surface area contributed by atoms with Gasteiger partial charge in [0.05, 0.1) is 6.33 Å². The summed E-state index contributed by atoms with van der Waals surface area (Å²) in [7, 11) is 2.91. The Morgan fingerprint density at radius 2 is 1.86 bits per heavy atom. The second kappa shape index (κ2) is 6.89. The van der Waals surface area contributed by atoms with Crippen LogP contribution in [-0.4, -0.2) is 29.7 Å². The van der Waals surface area contributed by atoms with Gasteiger partial charge in [-0.15, -0.1) is 0 Å². The van der Waals surface area contributed by atoms with Crippen LogP contribution in [0, 0.1) is 6.92 Å². The first-order valence-electron chi connectivity index (χ1n) is 8.80.